The molecule has 0 aromatic rings. The fourth-order valence-corrected chi connectivity index (χ4v) is 0.964. The van der Waals surface area contributed by atoms with Gasteiger partial charge in [-0.3, -0.25) is 0 Å². The minimum atomic E-state index is -0.0476. The third kappa shape index (κ3) is 6.11. The van der Waals surface area contributed by atoms with Crippen LogP contribution in [0.2, 0.25) is 0 Å². The van der Waals surface area contributed by atoms with Crippen LogP contribution in [0.25, 0.3) is 0 Å². The summed E-state index contributed by atoms with van der Waals surface area (Å²) in [5.74, 6) is 0. The van der Waals surface area contributed by atoms with Crippen molar-refractivity contribution in [1.82, 2.24) is 0 Å². The molecule has 0 N–H and O–H groups in total. The van der Waals surface area contributed by atoms with E-state index in [1.165, 1.54) is 0 Å². The van der Waals surface area contributed by atoms with Gasteiger partial charge in [-0.15, -0.1) is 6.58 Å². The van der Waals surface area contributed by atoms with E-state index >= 15 is 0 Å². The largest absolute Gasteiger partial charge is 0.369 e. The molecule has 0 saturated heterocycles. The quantitative estimate of drug-likeness (QED) is 0.568. The van der Waals surface area contributed by atoms with Crippen LogP contribution in [-0.2, 0) is 4.74 Å². The highest BCUT2D eigenvalue weighted by Gasteiger charge is 2.14. The van der Waals surface area contributed by atoms with E-state index in [-0.39, 0.29) is 11.7 Å². The average molecular weight is 156 g/mol. The lowest BCUT2D eigenvalue weighted by atomic mass is 10.1. The van der Waals surface area contributed by atoms with E-state index in [1.54, 1.807) is 0 Å². The lowest BCUT2D eigenvalue weighted by molar-refractivity contribution is -0.0409. The smallest absolute Gasteiger partial charge is 0.0760 e. The minimum absolute atomic E-state index is 0.0476. The predicted molar refractivity (Wildman–Crippen MR) is 49.7 cm³/mol. The maximum atomic E-state index is 5.71. The molecule has 66 valence electrons. The Hall–Kier alpha value is -0.300. The number of hydrogen-bond donors (Lipinski definition) is 0. The summed E-state index contributed by atoms with van der Waals surface area (Å²) in [5, 5.41) is 0. The Kier molecular flexibility index (Phi) is 4.43. The predicted octanol–water partition coefficient (Wildman–Crippen LogP) is 3.16. The van der Waals surface area contributed by atoms with E-state index < -0.39 is 0 Å². The van der Waals surface area contributed by atoms with Gasteiger partial charge in [0.25, 0.3) is 0 Å². The van der Waals surface area contributed by atoms with Crippen LogP contribution in [0.4, 0.5) is 0 Å². The molecule has 1 heteroatoms. The second kappa shape index (κ2) is 4.55. The molecular formula is C10H20O. The lowest BCUT2D eigenvalue weighted by Gasteiger charge is -2.25. The van der Waals surface area contributed by atoms with Crippen LogP contribution in [-0.4, -0.2) is 11.7 Å². The molecule has 0 heterocycles. The van der Waals surface area contributed by atoms with Gasteiger partial charge in [-0.1, -0.05) is 19.4 Å². The van der Waals surface area contributed by atoms with E-state index in [4.69, 9.17) is 4.74 Å². The van der Waals surface area contributed by atoms with E-state index in [9.17, 15) is 0 Å². The van der Waals surface area contributed by atoms with Gasteiger partial charge in [-0.2, -0.15) is 0 Å². The van der Waals surface area contributed by atoms with Gasteiger partial charge in [-0.05, 0) is 27.2 Å². The molecule has 1 nitrogen and oxygen atoms in total. The SMILES string of the molecule is C=C[C@H](CCC)OC(C)(C)C. The second-order valence-electron chi connectivity index (χ2n) is 3.79. The van der Waals surface area contributed by atoms with E-state index in [1.807, 2.05) is 6.08 Å². The van der Waals surface area contributed by atoms with Crippen molar-refractivity contribution < 1.29 is 4.74 Å². The summed E-state index contributed by atoms with van der Waals surface area (Å²) in [5.41, 5.74) is -0.0476. The fraction of sp³-hybridized carbons (Fsp3) is 0.800. The third-order valence-corrected chi connectivity index (χ3v) is 1.34. The summed E-state index contributed by atoms with van der Waals surface area (Å²) in [6.45, 7) is 12.1. The summed E-state index contributed by atoms with van der Waals surface area (Å²) in [6, 6.07) is 0. The van der Waals surface area contributed by atoms with Gasteiger partial charge < -0.3 is 4.74 Å². The highest BCUT2D eigenvalue weighted by molar-refractivity contribution is 4.81. The van der Waals surface area contributed by atoms with Gasteiger partial charge in [0.05, 0.1) is 11.7 Å². The molecule has 0 spiro atoms. The average Bonchev–Trinajstić information content (AvgIpc) is 1.84. The number of ether oxygens (including phenoxy) is 1. The molecule has 0 saturated carbocycles. The van der Waals surface area contributed by atoms with Crippen molar-refractivity contribution >= 4 is 0 Å². The summed E-state index contributed by atoms with van der Waals surface area (Å²) < 4.78 is 5.71. The third-order valence-electron chi connectivity index (χ3n) is 1.34. The van der Waals surface area contributed by atoms with Crippen molar-refractivity contribution in [3.8, 4) is 0 Å². The van der Waals surface area contributed by atoms with Gasteiger partial charge in [0, 0.05) is 0 Å². The molecule has 0 fully saturated rings. The maximum absolute atomic E-state index is 5.71. The molecule has 0 aromatic carbocycles. The van der Waals surface area contributed by atoms with Gasteiger partial charge in [-0.25, -0.2) is 0 Å². The number of rotatable bonds is 4. The van der Waals surface area contributed by atoms with E-state index in [2.05, 4.69) is 34.3 Å². The summed E-state index contributed by atoms with van der Waals surface area (Å²) in [4.78, 5) is 0. The van der Waals surface area contributed by atoms with Crippen LogP contribution in [0.1, 0.15) is 40.5 Å². The standard InChI is InChI=1S/C10H20O/c1-6-8-9(7-2)11-10(3,4)5/h7,9H,2,6,8H2,1,3-5H3/t9-/m1/s1. The highest BCUT2D eigenvalue weighted by Crippen LogP contribution is 2.14. The topological polar surface area (TPSA) is 9.23 Å². The van der Waals surface area contributed by atoms with Crippen molar-refractivity contribution in [3.05, 3.63) is 12.7 Å². The summed E-state index contributed by atoms with van der Waals surface area (Å²) >= 11 is 0. The molecule has 0 aliphatic rings. The van der Waals surface area contributed by atoms with Crippen molar-refractivity contribution in [1.29, 1.82) is 0 Å². The van der Waals surface area contributed by atoms with Gasteiger partial charge >= 0.3 is 0 Å². The van der Waals surface area contributed by atoms with Crippen LogP contribution in [0, 0.1) is 0 Å². The minimum Gasteiger partial charge on any atom is -0.369 e. The Bertz CT molecular complexity index is 111. The normalized spacial score (nSPS) is 14.5. The van der Waals surface area contributed by atoms with Gasteiger partial charge in [0.2, 0.25) is 0 Å². The zero-order valence-corrected chi connectivity index (χ0v) is 8.18. The van der Waals surface area contributed by atoms with Crippen LogP contribution in [0.15, 0.2) is 12.7 Å². The first-order chi connectivity index (χ1) is 4.99. The van der Waals surface area contributed by atoms with E-state index in [0.717, 1.165) is 12.8 Å². The Morgan fingerprint density at radius 1 is 1.45 bits per heavy atom. The highest BCUT2D eigenvalue weighted by atomic mass is 16.5. The van der Waals surface area contributed by atoms with Crippen LogP contribution < -0.4 is 0 Å². The molecule has 11 heavy (non-hydrogen) atoms. The molecule has 0 aromatic heterocycles. The Labute approximate surface area is 70.4 Å². The zero-order valence-electron chi connectivity index (χ0n) is 8.18. The summed E-state index contributed by atoms with van der Waals surface area (Å²) in [7, 11) is 0. The molecule has 0 amide bonds. The van der Waals surface area contributed by atoms with Crippen LogP contribution >= 0.6 is 0 Å². The first-order valence-corrected chi connectivity index (χ1v) is 4.30. The Morgan fingerprint density at radius 3 is 2.27 bits per heavy atom. The molecule has 0 aliphatic heterocycles. The number of hydrogen-bond acceptors (Lipinski definition) is 1. The lowest BCUT2D eigenvalue weighted by Crippen LogP contribution is -2.25. The Balaban J connectivity index is 3.77. The zero-order chi connectivity index (χ0) is 8.91. The molecular weight excluding hydrogens is 136 g/mol. The second-order valence-corrected chi connectivity index (χ2v) is 3.79. The van der Waals surface area contributed by atoms with Crippen molar-refractivity contribution in [3.63, 3.8) is 0 Å². The fourth-order valence-electron chi connectivity index (χ4n) is 0.964. The van der Waals surface area contributed by atoms with Crippen molar-refractivity contribution in [2.24, 2.45) is 0 Å². The molecule has 1 atom stereocenters. The van der Waals surface area contributed by atoms with Crippen molar-refractivity contribution in [2.45, 2.75) is 52.2 Å². The van der Waals surface area contributed by atoms with Crippen LogP contribution in [0.5, 0.6) is 0 Å². The van der Waals surface area contributed by atoms with Crippen LogP contribution in [0.3, 0.4) is 0 Å². The molecule has 0 bridgehead atoms. The summed E-state index contributed by atoms with van der Waals surface area (Å²) in [6.07, 6.45) is 4.32. The van der Waals surface area contributed by atoms with Gasteiger partial charge in [0.15, 0.2) is 0 Å². The Morgan fingerprint density at radius 2 is 2.00 bits per heavy atom. The van der Waals surface area contributed by atoms with Crippen molar-refractivity contribution in [2.75, 3.05) is 0 Å². The molecule has 0 radical (unpaired) electrons. The molecule has 0 aliphatic carbocycles. The van der Waals surface area contributed by atoms with Gasteiger partial charge in [0.1, 0.15) is 0 Å². The molecule has 0 rings (SSSR count). The maximum Gasteiger partial charge on any atom is 0.0760 e. The van der Waals surface area contributed by atoms with E-state index in [0.29, 0.717) is 0 Å². The monoisotopic (exact) mass is 156 g/mol. The first kappa shape index (κ1) is 10.7. The first-order valence-electron chi connectivity index (χ1n) is 4.30. The molecule has 0 unspecified atom stereocenters.